The summed E-state index contributed by atoms with van der Waals surface area (Å²) >= 11 is 12.4. The second-order valence-electron chi connectivity index (χ2n) is 29.8. The first-order valence-electron chi connectivity index (χ1n) is 39.7. The molecule has 2 aliphatic carbocycles. The molecule has 2 N–H and O–H groups in total. The highest BCUT2D eigenvalue weighted by Crippen LogP contribution is 2.47. The smallest absolute Gasteiger partial charge is 0.423 e. The molecule has 0 atom stereocenters. The lowest BCUT2D eigenvalue weighted by atomic mass is 9.80. The number of aromatic nitrogens is 3. The zero-order chi connectivity index (χ0) is 79.9. The average molecular weight is 1740 g/mol. The van der Waals surface area contributed by atoms with E-state index in [1.54, 1.807) is 17.4 Å². The number of nitrogens with zero attached hydrogens (tertiary/aromatic N) is 3. The van der Waals surface area contributed by atoms with Gasteiger partial charge in [0.2, 0.25) is 0 Å². The third-order valence-corrected chi connectivity index (χ3v) is 27.1. The summed E-state index contributed by atoms with van der Waals surface area (Å²) in [5.74, 6) is 0.913. The van der Waals surface area contributed by atoms with Crippen molar-refractivity contribution in [2.75, 3.05) is 0 Å². The first-order valence-corrected chi connectivity index (χ1v) is 43.8. The Morgan fingerprint density at radius 3 is 1.20 bits per heavy atom. The van der Waals surface area contributed by atoms with E-state index >= 15 is 0 Å². The second kappa shape index (κ2) is 34.9. The van der Waals surface area contributed by atoms with E-state index in [1.165, 1.54) is 145 Å². The van der Waals surface area contributed by atoms with Crippen LogP contribution in [-0.4, -0.2) is 31.7 Å². The van der Waals surface area contributed by atoms with Gasteiger partial charge in [-0.05, 0) is 207 Å². The van der Waals surface area contributed by atoms with Gasteiger partial charge in [0.25, 0.3) is 0 Å². The summed E-state index contributed by atoms with van der Waals surface area (Å²) in [5.41, 5.74) is 28.2. The standard InChI is InChI=1S/C41H26N2S.C25H16S.C17H12BrN.C13H9Br.C12H9BO2S.2CH4/c1-3-12-27(13-4-1)30-25-36(28-14-5-2-6-15-28)42-40(26-30)43-37-20-9-7-16-32(37)35-24-29(22-23-38(35)43)31-18-11-19-34-33-17-8-10-21-39(33)44-41(31)34;1-2-7-19-16(6-1)14-17-12-13-18(15-23(17)19)20-9-5-10-22-21-8-3-4-11-24(21)26-25(20)22;18-17-12-15(13-7-3-1-4-8-13)11-16(19-17)14-9-5-2-6-10-14;14-11-6-5-10-7-9-3-1-2-4-12(9)13(10)8-11;14-13(15)10-6-3-5-9-8-4-1-2-7-11(8)16-12(9)10;;/h1-26H;1-13,15H,14H2;1-12H;1-6,8H,7H2;1-7,14-15H;2*1H4. The molecule has 0 aliphatic heterocycles. The number of fused-ring (bicyclic) bond motifs is 18. The SMILES string of the molecule is Brc1cc(-c2ccccc2)cc(-c2ccccc2)n1.Brc1ccc2c(c1)-c1ccccc1C2.C.C.OB(O)c1cccc2c1sc1ccccc12.c1ccc(-c2cc(-c3ccccc3)nc(-n3c4ccccc4c4cc(-c5cccc6c5sc5ccccc56)ccc43)c2)cc1.c1ccc2c(c1)Cc1ccc(-c3cccc4c3sc3ccccc34)cc1-2. The Labute approximate surface area is 733 Å². The summed E-state index contributed by atoms with van der Waals surface area (Å²) in [5, 5.41) is 28.7. The predicted molar refractivity (Wildman–Crippen MR) is 529 cm³/mol. The maximum absolute atomic E-state index is 9.31. The van der Waals surface area contributed by atoms with Gasteiger partial charge < -0.3 is 10.0 Å². The van der Waals surface area contributed by atoms with Crippen molar-refractivity contribution in [3.05, 3.63) is 432 Å². The number of benzene rings is 16. The van der Waals surface area contributed by atoms with Gasteiger partial charge in [-0.25, -0.2) is 9.97 Å². The van der Waals surface area contributed by atoms with Crippen molar-refractivity contribution in [2.24, 2.45) is 0 Å². The van der Waals surface area contributed by atoms with E-state index in [9.17, 15) is 10.0 Å². The van der Waals surface area contributed by atoms with Crippen molar-refractivity contribution in [3.8, 4) is 95.1 Å². The van der Waals surface area contributed by atoms with Crippen molar-refractivity contribution in [2.45, 2.75) is 27.7 Å². The number of para-hydroxylation sites is 1. The molecule has 0 saturated heterocycles. The molecule has 582 valence electrons. The van der Waals surface area contributed by atoms with Crippen molar-refractivity contribution >= 4 is 161 Å². The molecule has 0 bridgehead atoms. The molecule has 0 spiro atoms. The van der Waals surface area contributed by atoms with E-state index in [1.807, 2.05) is 95.5 Å². The van der Waals surface area contributed by atoms with E-state index in [-0.39, 0.29) is 14.9 Å². The van der Waals surface area contributed by atoms with Crippen LogP contribution in [0.1, 0.15) is 37.1 Å². The van der Waals surface area contributed by atoms with Crippen LogP contribution in [0.25, 0.3) is 177 Å². The van der Waals surface area contributed by atoms with E-state index < -0.39 is 7.12 Å². The Bertz CT molecular complexity index is 7460. The van der Waals surface area contributed by atoms with Crippen LogP contribution in [0.2, 0.25) is 0 Å². The molecular formula is C110H80BBr2N3O2S3. The van der Waals surface area contributed by atoms with Gasteiger partial charge in [-0.2, -0.15) is 0 Å². The number of hydrogen-bond donors (Lipinski definition) is 2. The third-order valence-electron chi connectivity index (χ3n) is 22.6. The quantitative estimate of drug-likeness (QED) is 0.117. The number of rotatable bonds is 8. The molecular weight excluding hydrogens is 1660 g/mol. The first kappa shape index (κ1) is 79.3. The molecule has 0 fully saturated rings. The molecule has 5 nitrogen and oxygen atoms in total. The van der Waals surface area contributed by atoms with Gasteiger partial charge in [-0.1, -0.05) is 352 Å². The summed E-state index contributed by atoms with van der Waals surface area (Å²) in [6, 6.07) is 141. The third kappa shape index (κ3) is 15.8. The van der Waals surface area contributed by atoms with Crippen LogP contribution < -0.4 is 5.46 Å². The normalized spacial score (nSPS) is 11.4. The van der Waals surface area contributed by atoms with E-state index in [2.05, 4.69) is 363 Å². The summed E-state index contributed by atoms with van der Waals surface area (Å²) in [6.07, 6.45) is 2.14. The highest BCUT2D eigenvalue weighted by Gasteiger charge is 2.24. The van der Waals surface area contributed by atoms with Crippen LogP contribution in [0.15, 0.2) is 409 Å². The average Bonchev–Trinajstić information content (AvgIpc) is 1.58. The van der Waals surface area contributed by atoms with E-state index in [0.29, 0.717) is 5.46 Å². The molecule has 0 amide bonds. The van der Waals surface area contributed by atoms with Crippen LogP contribution >= 0.6 is 65.9 Å². The van der Waals surface area contributed by atoms with Crippen LogP contribution in [0.5, 0.6) is 0 Å². The molecule has 11 heteroatoms. The van der Waals surface area contributed by atoms with E-state index in [0.717, 1.165) is 76.9 Å². The number of pyridine rings is 2. The van der Waals surface area contributed by atoms with Gasteiger partial charge in [0.15, 0.2) is 0 Å². The lowest BCUT2D eigenvalue weighted by Crippen LogP contribution is -2.29. The zero-order valence-corrected chi connectivity index (χ0v) is 69.9. The van der Waals surface area contributed by atoms with E-state index in [4.69, 9.17) is 4.98 Å². The Morgan fingerprint density at radius 2 is 0.653 bits per heavy atom. The topological polar surface area (TPSA) is 71.2 Å². The minimum atomic E-state index is -1.41. The van der Waals surface area contributed by atoms with Gasteiger partial charge in [-0.15, -0.1) is 34.0 Å². The summed E-state index contributed by atoms with van der Waals surface area (Å²) < 4.78 is 11.9. The predicted octanol–water partition coefficient (Wildman–Crippen LogP) is 31.0. The Kier molecular flexibility index (Phi) is 22.9. The molecule has 2 aliphatic rings. The highest BCUT2D eigenvalue weighted by atomic mass is 79.9. The molecule has 6 aromatic heterocycles. The molecule has 16 aromatic carbocycles. The Morgan fingerprint density at radius 1 is 0.264 bits per heavy atom. The van der Waals surface area contributed by atoms with Crippen LogP contribution in [0.4, 0.5) is 0 Å². The number of hydrogen-bond acceptors (Lipinski definition) is 7. The monoisotopic (exact) mass is 1740 g/mol. The first-order chi connectivity index (χ1) is 58.6. The molecule has 6 heterocycles. The van der Waals surface area contributed by atoms with Crippen LogP contribution in [0.3, 0.4) is 0 Å². The Balaban J connectivity index is 0.000000111. The molecule has 24 rings (SSSR count). The van der Waals surface area contributed by atoms with Gasteiger partial charge in [0.1, 0.15) is 10.4 Å². The van der Waals surface area contributed by atoms with Crippen molar-refractivity contribution in [3.63, 3.8) is 0 Å². The maximum atomic E-state index is 9.31. The van der Waals surface area contributed by atoms with Crippen LogP contribution in [0, 0.1) is 0 Å². The van der Waals surface area contributed by atoms with Gasteiger partial charge in [0.05, 0.1) is 22.4 Å². The largest absolute Gasteiger partial charge is 0.489 e. The summed E-state index contributed by atoms with van der Waals surface area (Å²) in [7, 11) is -1.41. The molecule has 22 aromatic rings. The van der Waals surface area contributed by atoms with Crippen LogP contribution in [-0.2, 0) is 12.8 Å². The lowest BCUT2D eigenvalue weighted by molar-refractivity contribution is 0.426. The highest BCUT2D eigenvalue weighted by molar-refractivity contribution is 9.10. The Hall–Kier alpha value is -12.8. The fourth-order valence-electron chi connectivity index (χ4n) is 16.9. The minimum absolute atomic E-state index is 0. The molecule has 0 unspecified atom stereocenters. The van der Waals surface area contributed by atoms with Crippen molar-refractivity contribution < 1.29 is 10.0 Å². The molecule has 0 radical (unpaired) electrons. The fourth-order valence-corrected chi connectivity index (χ4v) is 21.4. The second-order valence-corrected chi connectivity index (χ2v) is 34.7. The lowest BCUT2D eigenvalue weighted by Gasteiger charge is -2.13. The summed E-state index contributed by atoms with van der Waals surface area (Å²) in [6.45, 7) is 0. The van der Waals surface area contributed by atoms with Gasteiger partial charge >= 0.3 is 7.12 Å². The van der Waals surface area contributed by atoms with Crippen molar-refractivity contribution in [1.82, 2.24) is 14.5 Å². The van der Waals surface area contributed by atoms with Gasteiger partial charge in [-0.3, -0.25) is 4.57 Å². The summed E-state index contributed by atoms with van der Waals surface area (Å²) in [4.78, 5) is 9.83. The maximum Gasteiger partial charge on any atom is 0.489 e. The molecule has 121 heavy (non-hydrogen) atoms. The zero-order valence-electron chi connectivity index (χ0n) is 64.3. The fraction of sp³-hybridized carbons (Fsp3) is 0.0364. The number of halogens is 2. The molecule has 0 saturated carbocycles. The minimum Gasteiger partial charge on any atom is -0.423 e. The number of thiophene rings is 3. The van der Waals surface area contributed by atoms with Crippen molar-refractivity contribution in [1.29, 1.82) is 0 Å². The van der Waals surface area contributed by atoms with Gasteiger partial charge in [0, 0.05) is 81.5 Å².